The predicted molar refractivity (Wildman–Crippen MR) is 148 cm³/mol. The molecular weight excluding hydrogens is 588 g/mol. The van der Waals surface area contributed by atoms with E-state index in [1.165, 1.54) is 6.21 Å². The molecule has 6 nitrogen and oxygen atoms in total. The van der Waals surface area contributed by atoms with Crippen LogP contribution in [-0.4, -0.2) is 24.7 Å². The van der Waals surface area contributed by atoms with E-state index in [0.29, 0.717) is 29.2 Å². The molecule has 8 heteroatoms. The van der Waals surface area contributed by atoms with Crippen LogP contribution in [0.1, 0.15) is 28.4 Å². The SMILES string of the molecule is CCOc1cc(/C=N\NC(=O)Cc2ccc(Br)c3ccccc23)ccc1OC(=O)c1ccc(Br)cc1. The molecule has 0 unspecified atom stereocenters. The van der Waals surface area contributed by atoms with Gasteiger partial charge in [-0.15, -0.1) is 0 Å². The minimum absolute atomic E-state index is 0.195. The predicted octanol–water partition coefficient (Wildman–Crippen LogP) is 6.68. The molecule has 0 saturated heterocycles. The number of esters is 1. The molecule has 0 bridgehead atoms. The maximum absolute atomic E-state index is 12.5. The lowest BCUT2D eigenvalue weighted by atomic mass is 10.0. The van der Waals surface area contributed by atoms with Crippen molar-refractivity contribution in [2.45, 2.75) is 13.3 Å². The second kappa shape index (κ2) is 12.0. The van der Waals surface area contributed by atoms with Crippen molar-refractivity contribution in [2.75, 3.05) is 6.61 Å². The number of ether oxygens (including phenoxy) is 2. The number of carbonyl (C=O) groups is 2. The lowest BCUT2D eigenvalue weighted by Crippen LogP contribution is -2.20. The Hall–Kier alpha value is -3.49. The fourth-order valence-electron chi connectivity index (χ4n) is 3.57. The Balaban J connectivity index is 1.42. The van der Waals surface area contributed by atoms with Crippen LogP contribution in [0.4, 0.5) is 0 Å². The number of benzene rings is 4. The molecule has 4 rings (SSSR count). The molecule has 182 valence electrons. The van der Waals surface area contributed by atoms with Crippen LogP contribution in [0.5, 0.6) is 11.5 Å². The average molecular weight is 610 g/mol. The van der Waals surface area contributed by atoms with Gasteiger partial charge in [0.25, 0.3) is 0 Å². The second-order valence-electron chi connectivity index (χ2n) is 7.76. The van der Waals surface area contributed by atoms with Gasteiger partial charge < -0.3 is 9.47 Å². The molecule has 0 heterocycles. The molecule has 0 atom stereocenters. The van der Waals surface area contributed by atoms with Crippen LogP contribution in [-0.2, 0) is 11.2 Å². The van der Waals surface area contributed by atoms with Crippen LogP contribution < -0.4 is 14.9 Å². The minimum atomic E-state index is -0.488. The van der Waals surface area contributed by atoms with E-state index in [1.54, 1.807) is 42.5 Å². The summed E-state index contributed by atoms with van der Waals surface area (Å²) in [5.41, 5.74) is 4.59. The molecule has 0 fully saturated rings. The summed E-state index contributed by atoms with van der Waals surface area (Å²) in [6, 6.07) is 23.7. The van der Waals surface area contributed by atoms with E-state index < -0.39 is 5.97 Å². The van der Waals surface area contributed by atoms with E-state index in [4.69, 9.17) is 9.47 Å². The zero-order chi connectivity index (χ0) is 25.5. The van der Waals surface area contributed by atoms with E-state index in [-0.39, 0.29) is 12.3 Å². The molecule has 0 spiro atoms. The van der Waals surface area contributed by atoms with Crippen molar-refractivity contribution in [3.05, 3.63) is 104 Å². The van der Waals surface area contributed by atoms with Crippen molar-refractivity contribution in [1.82, 2.24) is 5.43 Å². The largest absolute Gasteiger partial charge is 0.490 e. The third-order valence-corrected chi connectivity index (χ3v) is 6.49. The summed E-state index contributed by atoms with van der Waals surface area (Å²) < 4.78 is 13.0. The second-order valence-corrected chi connectivity index (χ2v) is 9.53. The average Bonchev–Trinajstić information content (AvgIpc) is 2.88. The van der Waals surface area contributed by atoms with E-state index in [2.05, 4.69) is 42.4 Å². The van der Waals surface area contributed by atoms with Gasteiger partial charge in [-0.2, -0.15) is 5.10 Å². The Labute approximate surface area is 225 Å². The topological polar surface area (TPSA) is 77.0 Å². The number of hydrogen-bond acceptors (Lipinski definition) is 5. The maximum atomic E-state index is 12.5. The number of nitrogens with zero attached hydrogens (tertiary/aromatic N) is 1. The lowest BCUT2D eigenvalue weighted by Gasteiger charge is -2.11. The first-order chi connectivity index (χ1) is 17.4. The number of nitrogens with one attached hydrogen (secondary N) is 1. The third kappa shape index (κ3) is 6.38. The highest BCUT2D eigenvalue weighted by Gasteiger charge is 2.13. The quantitative estimate of drug-likeness (QED) is 0.105. The van der Waals surface area contributed by atoms with E-state index in [0.717, 1.165) is 25.3 Å². The van der Waals surface area contributed by atoms with E-state index >= 15 is 0 Å². The van der Waals surface area contributed by atoms with Gasteiger partial charge in [0.05, 0.1) is 24.8 Å². The van der Waals surface area contributed by atoms with Gasteiger partial charge in [0.1, 0.15) is 0 Å². The number of hydrogen-bond donors (Lipinski definition) is 1. The molecule has 0 radical (unpaired) electrons. The summed E-state index contributed by atoms with van der Waals surface area (Å²) in [6.45, 7) is 2.23. The molecule has 1 N–H and O–H groups in total. The van der Waals surface area contributed by atoms with Crippen molar-refractivity contribution in [1.29, 1.82) is 0 Å². The fourth-order valence-corrected chi connectivity index (χ4v) is 4.31. The monoisotopic (exact) mass is 608 g/mol. The highest BCUT2D eigenvalue weighted by atomic mass is 79.9. The van der Waals surface area contributed by atoms with Gasteiger partial charge in [-0.3, -0.25) is 4.79 Å². The Morgan fingerprint density at radius 1 is 0.917 bits per heavy atom. The van der Waals surface area contributed by atoms with Crippen LogP contribution >= 0.6 is 31.9 Å². The zero-order valence-electron chi connectivity index (χ0n) is 19.3. The van der Waals surface area contributed by atoms with Gasteiger partial charge >= 0.3 is 5.97 Å². The normalized spacial score (nSPS) is 11.0. The Morgan fingerprint density at radius 3 is 2.42 bits per heavy atom. The molecule has 0 aromatic heterocycles. The Kier molecular flexibility index (Phi) is 8.51. The molecule has 36 heavy (non-hydrogen) atoms. The summed E-state index contributed by atoms with van der Waals surface area (Å²) in [5, 5.41) is 6.15. The minimum Gasteiger partial charge on any atom is -0.490 e. The molecule has 1 amide bonds. The zero-order valence-corrected chi connectivity index (χ0v) is 22.5. The molecule has 0 aliphatic rings. The van der Waals surface area contributed by atoms with Gasteiger partial charge in [-0.05, 0) is 77.4 Å². The van der Waals surface area contributed by atoms with Crippen molar-refractivity contribution >= 4 is 60.7 Å². The highest BCUT2D eigenvalue weighted by molar-refractivity contribution is 9.11. The molecule has 0 saturated carbocycles. The van der Waals surface area contributed by atoms with E-state index in [1.807, 2.05) is 43.3 Å². The number of fused-ring (bicyclic) bond motifs is 1. The Morgan fingerprint density at radius 2 is 1.67 bits per heavy atom. The molecular formula is C28H22Br2N2O4. The lowest BCUT2D eigenvalue weighted by molar-refractivity contribution is -0.120. The van der Waals surface area contributed by atoms with Crippen LogP contribution in [0.3, 0.4) is 0 Å². The first kappa shape index (κ1) is 25.6. The van der Waals surface area contributed by atoms with E-state index in [9.17, 15) is 9.59 Å². The van der Waals surface area contributed by atoms with Crippen LogP contribution in [0.2, 0.25) is 0 Å². The fraction of sp³-hybridized carbons (Fsp3) is 0.107. The van der Waals surface area contributed by atoms with Gasteiger partial charge in [-0.25, -0.2) is 10.2 Å². The summed E-state index contributed by atoms with van der Waals surface area (Å²) >= 11 is 6.90. The molecule has 0 aliphatic carbocycles. The van der Waals surface area contributed by atoms with Crippen molar-refractivity contribution < 1.29 is 19.1 Å². The highest BCUT2D eigenvalue weighted by Crippen LogP contribution is 2.29. The smallest absolute Gasteiger partial charge is 0.343 e. The van der Waals surface area contributed by atoms with Gasteiger partial charge in [0, 0.05) is 8.95 Å². The van der Waals surface area contributed by atoms with Gasteiger partial charge in [0.15, 0.2) is 11.5 Å². The third-order valence-electron chi connectivity index (χ3n) is 5.27. The van der Waals surface area contributed by atoms with Crippen molar-refractivity contribution in [3.8, 4) is 11.5 Å². The van der Waals surface area contributed by atoms with Crippen LogP contribution in [0.15, 0.2) is 92.9 Å². The van der Waals surface area contributed by atoms with Crippen molar-refractivity contribution in [3.63, 3.8) is 0 Å². The summed E-state index contributed by atoms with van der Waals surface area (Å²) in [7, 11) is 0. The number of rotatable bonds is 8. The molecule has 4 aromatic carbocycles. The Bertz CT molecular complexity index is 1440. The first-order valence-electron chi connectivity index (χ1n) is 11.2. The molecule has 0 aliphatic heterocycles. The summed E-state index contributed by atoms with van der Waals surface area (Å²) in [5.74, 6) is -0.0194. The molecule has 4 aromatic rings. The number of carbonyl (C=O) groups excluding carboxylic acids is 2. The number of halogens is 2. The number of hydrazone groups is 1. The summed E-state index contributed by atoms with van der Waals surface area (Å²) in [4.78, 5) is 25.0. The van der Waals surface area contributed by atoms with Crippen LogP contribution in [0, 0.1) is 0 Å². The van der Waals surface area contributed by atoms with Gasteiger partial charge in [0.2, 0.25) is 5.91 Å². The van der Waals surface area contributed by atoms with Gasteiger partial charge in [-0.1, -0.05) is 62.2 Å². The maximum Gasteiger partial charge on any atom is 0.343 e. The number of amides is 1. The van der Waals surface area contributed by atoms with Crippen molar-refractivity contribution in [2.24, 2.45) is 5.10 Å². The first-order valence-corrected chi connectivity index (χ1v) is 12.8. The summed E-state index contributed by atoms with van der Waals surface area (Å²) in [6.07, 6.45) is 1.71. The standard InChI is InChI=1S/C28H22Br2N2O4/c1-2-35-26-15-18(7-14-25(26)36-28(34)19-8-11-21(29)12-9-19)17-31-32-27(33)16-20-10-13-24(30)23-6-4-3-5-22(20)23/h3-15,17H,2,16H2,1H3,(H,32,33)/b31-17-. The van der Waals surface area contributed by atoms with Crippen LogP contribution in [0.25, 0.3) is 10.8 Å².